The number of nitrogens with one attached hydrogen (secondary N) is 3. The molecule has 0 aromatic rings. The Balaban J connectivity index is 2.57. The second kappa shape index (κ2) is 14.3. The molecule has 3 amide bonds. The summed E-state index contributed by atoms with van der Waals surface area (Å²) in [6, 6.07) is -0.864. The van der Waals surface area contributed by atoms with E-state index >= 15 is 0 Å². The van der Waals surface area contributed by atoms with E-state index in [1.54, 1.807) is 12.5 Å². The highest BCUT2D eigenvalue weighted by Crippen LogP contribution is 2.21. The van der Waals surface area contributed by atoms with Crippen LogP contribution < -0.4 is 16.1 Å². The second-order valence-electron chi connectivity index (χ2n) is 7.57. The first-order valence-corrected chi connectivity index (χ1v) is 10.7. The molecule has 8 nitrogen and oxygen atoms in total. The predicted molar refractivity (Wildman–Crippen MR) is 108 cm³/mol. The van der Waals surface area contributed by atoms with E-state index in [-0.39, 0.29) is 18.2 Å². The minimum absolute atomic E-state index is 0.0517. The van der Waals surface area contributed by atoms with Gasteiger partial charge in [-0.1, -0.05) is 58.3 Å². The molecule has 1 aliphatic heterocycles. The largest absolute Gasteiger partial charge is 0.341 e. The predicted octanol–water partition coefficient (Wildman–Crippen LogP) is 2.21. The van der Waals surface area contributed by atoms with Crippen LogP contribution in [0.5, 0.6) is 0 Å². The van der Waals surface area contributed by atoms with Gasteiger partial charge in [-0.15, -0.1) is 0 Å². The van der Waals surface area contributed by atoms with Crippen LogP contribution in [0.25, 0.3) is 0 Å². The summed E-state index contributed by atoms with van der Waals surface area (Å²) in [4.78, 5) is 38.4. The molecule has 0 radical (unpaired) electrons. The van der Waals surface area contributed by atoms with Crippen LogP contribution in [0.2, 0.25) is 0 Å². The van der Waals surface area contributed by atoms with Crippen LogP contribution in [0.3, 0.4) is 0 Å². The van der Waals surface area contributed by atoms with E-state index in [0.29, 0.717) is 26.1 Å². The van der Waals surface area contributed by atoms with Crippen LogP contribution >= 0.6 is 0 Å². The van der Waals surface area contributed by atoms with E-state index in [9.17, 15) is 14.4 Å². The zero-order chi connectivity index (χ0) is 20.8. The molecular weight excluding hydrogens is 360 g/mol. The maximum Gasteiger partial charge on any atom is 0.317 e. The number of urea groups is 1. The quantitative estimate of drug-likeness (QED) is 0.216. The maximum absolute atomic E-state index is 13.1. The molecule has 0 spiro atoms. The zero-order valence-electron chi connectivity index (χ0n) is 17.5. The number of hydrogen-bond donors (Lipinski definition) is 4. The van der Waals surface area contributed by atoms with Crippen molar-refractivity contribution in [2.45, 2.75) is 77.2 Å². The molecule has 8 heteroatoms. The lowest BCUT2D eigenvalue weighted by Gasteiger charge is -2.36. The number of hydrogen-bond acceptors (Lipinski definition) is 5. The molecule has 1 aliphatic rings. The molecule has 0 aliphatic carbocycles. The van der Waals surface area contributed by atoms with Crippen molar-refractivity contribution in [1.29, 1.82) is 0 Å². The minimum atomic E-state index is -0.584. The summed E-state index contributed by atoms with van der Waals surface area (Å²) in [5.41, 5.74) is 1.63. The SMILES string of the molecule is CCCCCCCCCC[C@H](CC(=O)NO)C(=O)[C@@H]1CNCCN1C(=O)NC. The van der Waals surface area contributed by atoms with Gasteiger partial charge in [-0.05, 0) is 6.42 Å². The molecule has 162 valence electrons. The Labute approximate surface area is 168 Å². The Morgan fingerprint density at radius 2 is 1.75 bits per heavy atom. The first kappa shape index (κ1) is 24.4. The Morgan fingerprint density at radius 1 is 1.11 bits per heavy atom. The number of rotatable bonds is 13. The first-order chi connectivity index (χ1) is 13.5. The van der Waals surface area contributed by atoms with Gasteiger partial charge in [0.15, 0.2) is 5.78 Å². The second-order valence-corrected chi connectivity index (χ2v) is 7.57. The zero-order valence-corrected chi connectivity index (χ0v) is 17.5. The van der Waals surface area contributed by atoms with Crippen molar-refractivity contribution in [3.8, 4) is 0 Å². The van der Waals surface area contributed by atoms with Crippen molar-refractivity contribution in [3.63, 3.8) is 0 Å². The fourth-order valence-corrected chi connectivity index (χ4v) is 3.76. The van der Waals surface area contributed by atoms with Gasteiger partial charge in [0.1, 0.15) is 6.04 Å². The highest BCUT2D eigenvalue weighted by molar-refractivity contribution is 5.93. The van der Waals surface area contributed by atoms with Gasteiger partial charge in [0.2, 0.25) is 5.91 Å². The summed E-state index contributed by atoms with van der Waals surface area (Å²) >= 11 is 0. The number of unbranched alkanes of at least 4 members (excludes halogenated alkanes) is 7. The van der Waals surface area contributed by atoms with Crippen molar-refractivity contribution in [2.75, 3.05) is 26.7 Å². The summed E-state index contributed by atoms with van der Waals surface area (Å²) in [5.74, 6) is -1.17. The molecule has 1 heterocycles. The topological polar surface area (TPSA) is 111 Å². The summed E-state index contributed by atoms with van der Waals surface area (Å²) in [6.07, 6.45) is 9.81. The van der Waals surface area contributed by atoms with E-state index in [1.807, 2.05) is 0 Å². The van der Waals surface area contributed by atoms with Gasteiger partial charge in [-0.2, -0.15) is 0 Å². The Morgan fingerprint density at radius 3 is 2.36 bits per heavy atom. The third-order valence-electron chi connectivity index (χ3n) is 5.41. The van der Waals surface area contributed by atoms with Crippen molar-refractivity contribution in [2.24, 2.45) is 5.92 Å². The number of ketones is 1. The molecule has 1 saturated heterocycles. The van der Waals surface area contributed by atoms with E-state index in [2.05, 4.69) is 17.6 Å². The molecule has 4 N–H and O–H groups in total. The number of amides is 3. The molecule has 0 aromatic carbocycles. The molecular formula is C20H38N4O4. The van der Waals surface area contributed by atoms with Gasteiger partial charge < -0.3 is 15.5 Å². The molecule has 28 heavy (non-hydrogen) atoms. The minimum Gasteiger partial charge on any atom is -0.341 e. The van der Waals surface area contributed by atoms with E-state index in [4.69, 9.17) is 5.21 Å². The summed E-state index contributed by atoms with van der Waals surface area (Å²) < 4.78 is 0. The molecule has 0 aromatic heterocycles. The fraction of sp³-hybridized carbons (Fsp3) is 0.850. The molecule has 1 rings (SSSR count). The molecule has 2 atom stereocenters. The fourth-order valence-electron chi connectivity index (χ4n) is 3.76. The van der Waals surface area contributed by atoms with Crippen LogP contribution in [-0.2, 0) is 9.59 Å². The number of hydroxylamine groups is 1. The highest BCUT2D eigenvalue weighted by atomic mass is 16.5. The van der Waals surface area contributed by atoms with Crippen molar-refractivity contribution in [1.82, 2.24) is 21.0 Å². The maximum atomic E-state index is 13.1. The third-order valence-corrected chi connectivity index (χ3v) is 5.41. The normalized spacial score (nSPS) is 17.8. The van der Waals surface area contributed by atoms with Crippen LogP contribution in [0.15, 0.2) is 0 Å². The van der Waals surface area contributed by atoms with Gasteiger partial charge in [0.05, 0.1) is 0 Å². The molecule has 1 fully saturated rings. The standard InChI is InChI=1S/C20H38N4O4/c1-3-4-5-6-7-8-9-10-11-16(14-18(25)23-28)19(26)17-15-22-12-13-24(17)20(27)21-2/h16-17,22,28H,3-15H2,1-2H3,(H,21,27)(H,23,25)/t16-,17+/m1/s1. The van der Waals surface area contributed by atoms with Crippen LogP contribution in [0.1, 0.15) is 71.1 Å². The van der Waals surface area contributed by atoms with Crippen LogP contribution in [0.4, 0.5) is 4.79 Å². The van der Waals surface area contributed by atoms with Gasteiger partial charge in [-0.25, -0.2) is 10.3 Å². The van der Waals surface area contributed by atoms with Gasteiger partial charge in [0, 0.05) is 39.0 Å². The van der Waals surface area contributed by atoms with Gasteiger partial charge >= 0.3 is 6.03 Å². The Kier molecular flexibility index (Phi) is 12.5. The molecule has 0 saturated carbocycles. The van der Waals surface area contributed by atoms with Crippen LogP contribution in [0, 0.1) is 5.92 Å². The number of Topliss-reactive ketones (excluding diaryl/α,β-unsaturated/α-hetero) is 1. The lowest BCUT2D eigenvalue weighted by molar-refractivity contribution is -0.136. The lowest BCUT2D eigenvalue weighted by Crippen LogP contribution is -2.60. The van der Waals surface area contributed by atoms with E-state index < -0.39 is 17.9 Å². The summed E-state index contributed by atoms with van der Waals surface area (Å²) in [6.45, 7) is 3.68. The highest BCUT2D eigenvalue weighted by Gasteiger charge is 2.36. The number of carbonyl (C=O) groups is 3. The number of carbonyl (C=O) groups excluding carboxylic acids is 3. The van der Waals surface area contributed by atoms with Gasteiger partial charge in [-0.3, -0.25) is 14.8 Å². The first-order valence-electron chi connectivity index (χ1n) is 10.7. The monoisotopic (exact) mass is 398 g/mol. The Hall–Kier alpha value is -1.67. The van der Waals surface area contributed by atoms with Crippen molar-refractivity contribution in [3.05, 3.63) is 0 Å². The average Bonchev–Trinajstić information content (AvgIpc) is 2.73. The number of nitrogens with zero attached hydrogens (tertiary/aromatic N) is 1. The van der Waals surface area contributed by atoms with Crippen molar-refractivity contribution < 1.29 is 19.6 Å². The van der Waals surface area contributed by atoms with E-state index in [1.165, 1.54) is 37.0 Å². The molecule has 0 unspecified atom stereocenters. The lowest BCUT2D eigenvalue weighted by atomic mass is 9.88. The third kappa shape index (κ3) is 8.56. The number of piperazine rings is 1. The summed E-state index contributed by atoms with van der Waals surface area (Å²) in [5, 5.41) is 14.6. The smallest absolute Gasteiger partial charge is 0.317 e. The summed E-state index contributed by atoms with van der Waals surface area (Å²) in [7, 11) is 1.54. The van der Waals surface area contributed by atoms with Crippen molar-refractivity contribution >= 4 is 17.7 Å². The van der Waals surface area contributed by atoms with Crippen LogP contribution in [-0.4, -0.2) is 60.6 Å². The molecule has 0 bridgehead atoms. The van der Waals surface area contributed by atoms with E-state index in [0.717, 1.165) is 19.3 Å². The van der Waals surface area contributed by atoms with Gasteiger partial charge in [0.25, 0.3) is 0 Å². The average molecular weight is 399 g/mol. The Bertz CT molecular complexity index is 487.